The van der Waals surface area contributed by atoms with Crippen LogP contribution >= 0.6 is 0 Å². The molecule has 1 saturated heterocycles. The molecule has 1 aliphatic heterocycles. The molecule has 0 aliphatic carbocycles. The van der Waals surface area contributed by atoms with Gasteiger partial charge in [0.2, 0.25) is 0 Å². The normalized spacial score (nSPS) is 41.8. The monoisotopic (exact) mass is 215 g/mol. The first-order valence-electron chi connectivity index (χ1n) is 5.65. The van der Waals surface area contributed by atoms with E-state index in [1.165, 1.54) is 0 Å². The maximum Gasteiger partial charge on any atom is 0.0613 e. The fourth-order valence-electron chi connectivity index (χ4n) is 3.34. The molecular formula is C12H25NO2. The first kappa shape index (κ1) is 12.9. The second kappa shape index (κ2) is 3.72. The van der Waals surface area contributed by atoms with Gasteiger partial charge >= 0.3 is 0 Å². The van der Waals surface area contributed by atoms with Crippen LogP contribution in [0.3, 0.4) is 0 Å². The van der Waals surface area contributed by atoms with Crippen molar-refractivity contribution < 1.29 is 10.2 Å². The molecule has 2 N–H and O–H groups in total. The summed E-state index contributed by atoms with van der Waals surface area (Å²) in [6, 6.07) is 0. The van der Waals surface area contributed by atoms with E-state index in [-0.39, 0.29) is 29.7 Å². The summed E-state index contributed by atoms with van der Waals surface area (Å²) in [5, 5.41) is 19.1. The van der Waals surface area contributed by atoms with Crippen molar-refractivity contribution in [2.75, 3.05) is 20.3 Å². The minimum absolute atomic E-state index is 0.141. The van der Waals surface area contributed by atoms with E-state index in [0.29, 0.717) is 0 Å². The number of likely N-dealkylation sites (N-methyl/N-ethyl adjacent to an activating group) is 1. The Hall–Kier alpha value is -0.120. The molecular weight excluding hydrogens is 190 g/mol. The molecule has 15 heavy (non-hydrogen) atoms. The van der Waals surface area contributed by atoms with Gasteiger partial charge in [0.15, 0.2) is 0 Å². The summed E-state index contributed by atoms with van der Waals surface area (Å²) in [7, 11) is 2.00. The lowest BCUT2D eigenvalue weighted by molar-refractivity contribution is -0.115. The lowest BCUT2D eigenvalue weighted by Crippen LogP contribution is -2.65. The molecule has 3 heteroatoms. The van der Waals surface area contributed by atoms with Gasteiger partial charge < -0.3 is 10.2 Å². The average Bonchev–Trinajstić information content (AvgIpc) is 2.13. The summed E-state index contributed by atoms with van der Waals surface area (Å²) >= 11 is 0. The van der Waals surface area contributed by atoms with Crippen LogP contribution in [0.4, 0.5) is 0 Å². The molecule has 90 valence electrons. The van der Waals surface area contributed by atoms with E-state index in [9.17, 15) is 10.2 Å². The second-order valence-electron chi connectivity index (χ2n) is 6.39. The number of likely N-dealkylation sites (tertiary alicyclic amines) is 1. The van der Waals surface area contributed by atoms with Gasteiger partial charge in [-0.3, -0.25) is 4.90 Å². The number of rotatable bonds is 2. The topological polar surface area (TPSA) is 43.7 Å². The molecule has 0 aromatic rings. The number of aliphatic hydroxyl groups is 2. The second-order valence-corrected chi connectivity index (χ2v) is 6.39. The summed E-state index contributed by atoms with van der Waals surface area (Å²) in [4.78, 5) is 2.14. The van der Waals surface area contributed by atoms with Crippen molar-refractivity contribution in [1.82, 2.24) is 4.90 Å². The van der Waals surface area contributed by atoms with Crippen LogP contribution in [-0.4, -0.2) is 46.5 Å². The van der Waals surface area contributed by atoms with Crippen LogP contribution in [0.15, 0.2) is 0 Å². The smallest absolute Gasteiger partial charge is 0.0613 e. The fraction of sp³-hybridized carbons (Fsp3) is 1.00. The Kier molecular flexibility index (Phi) is 3.21. The molecule has 1 fully saturated rings. The Morgan fingerprint density at radius 2 is 1.27 bits per heavy atom. The highest BCUT2D eigenvalue weighted by atomic mass is 16.3. The van der Waals surface area contributed by atoms with Crippen molar-refractivity contribution in [3.05, 3.63) is 0 Å². The summed E-state index contributed by atoms with van der Waals surface area (Å²) in [5.74, 6) is 0. The number of piperidine rings is 1. The van der Waals surface area contributed by atoms with Gasteiger partial charge in [0.25, 0.3) is 0 Å². The standard InChI is InChI=1S/C12H25NO2/c1-10(2)6-11(3,8-14)13(5)12(4,7-10)9-15/h14-15H,6-9H2,1-5H3. The van der Waals surface area contributed by atoms with E-state index >= 15 is 0 Å². The summed E-state index contributed by atoms with van der Waals surface area (Å²) in [6.07, 6.45) is 1.92. The van der Waals surface area contributed by atoms with Gasteiger partial charge in [-0.1, -0.05) is 13.8 Å². The van der Waals surface area contributed by atoms with E-state index in [4.69, 9.17) is 0 Å². The third-order valence-electron chi connectivity index (χ3n) is 4.02. The Bertz CT molecular complexity index is 220. The zero-order valence-electron chi connectivity index (χ0n) is 10.7. The summed E-state index contributed by atoms with van der Waals surface area (Å²) < 4.78 is 0. The van der Waals surface area contributed by atoms with Crippen LogP contribution < -0.4 is 0 Å². The number of aliphatic hydroxyl groups excluding tert-OH is 2. The van der Waals surface area contributed by atoms with Gasteiger partial charge in [-0.15, -0.1) is 0 Å². The molecule has 0 spiro atoms. The lowest BCUT2D eigenvalue weighted by Gasteiger charge is -2.58. The Morgan fingerprint density at radius 3 is 1.53 bits per heavy atom. The largest absolute Gasteiger partial charge is 0.394 e. The number of hydrogen-bond donors (Lipinski definition) is 2. The van der Waals surface area contributed by atoms with Crippen molar-refractivity contribution in [2.45, 2.75) is 51.6 Å². The van der Waals surface area contributed by atoms with Crippen LogP contribution in [0.1, 0.15) is 40.5 Å². The van der Waals surface area contributed by atoms with Crippen molar-refractivity contribution in [3.63, 3.8) is 0 Å². The fourth-order valence-corrected chi connectivity index (χ4v) is 3.34. The van der Waals surface area contributed by atoms with Crippen LogP contribution in [0, 0.1) is 5.41 Å². The van der Waals surface area contributed by atoms with Gasteiger partial charge in [-0.25, -0.2) is 0 Å². The van der Waals surface area contributed by atoms with Gasteiger partial charge in [0, 0.05) is 11.1 Å². The van der Waals surface area contributed by atoms with E-state index < -0.39 is 0 Å². The number of hydrogen-bond acceptors (Lipinski definition) is 3. The van der Waals surface area contributed by atoms with E-state index in [1.54, 1.807) is 0 Å². The molecule has 0 bridgehead atoms. The molecule has 0 amide bonds. The molecule has 1 rings (SSSR count). The van der Waals surface area contributed by atoms with Crippen molar-refractivity contribution in [1.29, 1.82) is 0 Å². The molecule has 1 aliphatic rings. The number of nitrogens with zero attached hydrogens (tertiary/aromatic N) is 1. The first-order chi connectivity index (χ1) is 6.69. The van der Waals surface area contributed by atoms with Gasteiger partial charge in [-0.05, 0) is 39.2 Å². The van der Waals surface area contributed by atoms with Crippen molar-refractivity contribution >= 4 is 0 Å². The maximum absolute atomic E-state index is 9.56. The minimum Gasteiger partial charge on any atom is -0.394 e. The summed E-state index contributed by atoms with van der Waals surface area (Å²) in [6.45, 7) is 8.85. The SMILES string of the molecule is CN1C(C)(CO)CC(C)(C)CC1(C)CO. The molecule has 0 aromatic carbocycles. The molecule has 0 saturated carbocycles. The van der Waals surface area contributed by atoms with Gasteiger partial charge in [0.05, 0.1) is 13.2 Å². The Labute approximate surface area is 93.1 Å². The first-order valence-corrected chi connectivity index (χ1v) is 5.65. The van der Waals surface area contributed by atoms with Gasteiger partial charge in [0.1, 0.15) is 0 Å². The highest BCUT2D eigenvalue weighted by molar-refractivity contribution is 5.05. The molecule has 0 aromatic heterocycles. The Morgan fingerprint density at radius 1 is 0.933 bits per heavy atom. The predicted molar refractivity (Wildman–Crippen MR) is 61.8 cm³/mol. The van der Waals surface area contributed by atoms with E-state index in [1.807, 2.05) is 7.05 Å². The Balaban J connectivity index is 3.05. The van der Waals surface area contributed by atoms with Crippen LogP contribution in [-0.2, 0) is 0 Å². The predicted octanol–water partition coefficient (Wildman–Crippen LogP) is 1.24. The molecule has 0 radical (unpaired) electrons. The van der Waals surface area contributed by atoms with Gasteiger partial charge in [-0.2, -0.15) is 0 Å². The maximum atomic E-state index is 9.56. The van der Waals surface area contributed by atoms with Crippen LogP contribution in [0.5, 0.6) is 0 Å². The summed E-state index contributed by atoms with van der Waals surface area (Å²) in [5.41, 5.74) is -0.278. The van der Waals surface area contributed by atoms with E-state index in [0.717, 1.165) is 12.8 Å². The zero-order chi connectivity index (χ0) is 11.9. The molecule has 2 unspecified atom stereocenters. The highest BCUT2D eigenvalue weighted by Crippen LogP contribution is 2.46. The zero-order valence-corrected chi connectivity index (χ0v) is 10.7. The van der Waals surface area contributed by atoms with Crippen LogP contribution in [0.25, 0.3) is 0 Å². The van der Waals surface area contributed by atoms with Crippen molar-refractivity contribution in [3.8, 4) is 0 Å². The van der Waals surface area contributed by atoms with E-state index in [2.05, 4.69) is 32.6 Å². The third kappa shape index (κ3) is 2.19. The minimum atomic E-state index is -0.223. The quantitative estimate of drug-likeness (QED) is 0.728. The third-order valence-corrected chi connectivity index (χ3v) is 4.02. The van der Waals surface area contributed by atoms with Crippen molar-refractivity contribution in [2.24, 2.45) is 5.41 Å². The molecule has 1 heterocycles. The molecule has 3 nitrogen and oxygen atoms in total. The van der Waals surface area contributed by atoms with Crippen LogP contribution in [0.2, 0.25) is 0 Å². The average molecular weight is 215 g/mol. The highest BCUT2D eigenvalue weighted by Gasteiger charge is 2.50. The molecule has 2 atom stereocenters. The lowest BCUT2D eigenvalue weighted by atomic mass is 9.66.